The second-order valence-electron chi connectivity index (χ2n) is 4.93. The molecule has 1 aliphatic rings. The first-order valence-corrected chi connectivity index (χ1v) is 7.74. The number of hydrogen-bond acceptors (Lipinski definition) is 2. The maximum atomic E-state index is 14.0. The normalized spacial score (nSPS) is 14.3. The van der Waals surface area contributed by atoms with Crippen LogP contribution in [0.2, 0.25) is 0 Å². The SMILES string of the molecule is Fc1cccc(Oc2cccc(I)c2)c1CNC1CC1. The molecule has 0 unspecified atom stereocenters. The maximum absolute atomic E-state index is 14.0. The van der Waals surface area contributed by atoms with Crippen molar-refractivity contribution in [2.75, 3.05) is 0 Å². The van der Waals surface area contributed by atoms with Crippen LogP contribution in [0.3, 0.4) is 0 Å². The summed E-state index contributed by atoms with van der Waals surface area (Å²) < 4.78 is 20.9. The van der Waals surface area contributed by atoms with Gasteiger partial charge in [-0.05, 0) is 65.8 Å². The van der Waals surface area contributed by atoms with Gasteiger partial charge >= 0.3 is 0 Å². The van der Waals surface area contributed by atoms with E-state index in [2.05, 4.69) is 27.9 Å². The molecule has 0 aliphatic heterocycles. The monoisotopic (exact) mass is 383 g/mol. The van der Waals surface area contributed by atoms with Crippen molar-refractivity contribution in [3.63, 3.8) is 0 Å². The molecule has 2 nitrogen and oxygen atoms in total. The minimum Gasteiger partial charge on any atom is -0.457 e. The highest BCUT2D eigenvalue weighted by molar-refractivity contribution is 14.1. The Morgan fingerprint density at radius 3 is 2.75 bits per heavy atom. The average molecular weight is 383 g/mol. The third kappa shape index (κ3) is 3.49. The van der Waals surface area contributed by atoms with Gasteiger partial charge in [-0.15, -0.1) is 0 Å². The van der Waals surface area contributed by atoms with Crippen LogP contribution in [0.25, 0.3) is 0 Å². The standard InChI is InChI=1S/C16H15FINO/c17-15-5-2-6-16(14(15)10-19-12-7-8-12)20-13-4-1-3-11(18)9-13/h1-6,9,12,19H,7-8,10H2. The van der Waals surface area contributed by atoms with Crippen LogP contribution in [0.1, 0.15) is 18.4 Å². The highest BCUT2D eigenvalue weighted by atomic mass is 127. The van der Waals surface area contributed by atoms with Crippen molar-refractivity contribution in [2.24, 2.45) is 0 Å². The second kappa shape index (κ2) is 6.10. The topological polar surface area (TPSA) is 21.3 Å². The Morgan fingerprint density at radius 2 is 2.00 bits per heavy atom. The van der Waals surface area contributed by atoms with Crippen LogP contribution in [0.4, 0.5) is 4.39 Å². The van der Waals surface area contributed by atoms with Crippen LogP contribution in [-0.2, 0) is 6.54 Å². The largest absolute Gasteiger partial charge is 0.457 e. The molecule has 20 heavy (non-hydrogen) atoms. The molecule has 0 saturated heterocycles. The second-order valence-corrected chi connectivity index (χ2v) is 6.18. The molecular weight excluding hydrogens is 368 g/mol. The number of ether oxygens (including phenoxy) is 1. The third-order valence-corrected chi connectivity index (χ3v) is 3.92. The predicted molar refractivity (Wildman–Crippen MR) is 85.5 cm³/mol. The number of benzene rings is 2. The van der Waals surface area contributed by atoms with E-state index in [0.717, 1.165) is 9.32 Å². The molecule has 1 saturated carbocycles. The molecule has 1 aliphatic carbocycles. The van der Waals surface area contributed by atoms with E-state index in [4.69, 9.17) is 4.74 Å². The lowest BCUT2D eigenvalue weighted by molar-refractivity contribution is 0.461. The Kier molecular flexibility index (Phi) is 4.21. The lowest BCUT2D eigenvalue weighted by Crippen LogP contribution is -2.16. The van der Waals surface area contributed by atoms with Gasteiger partial charge in [-0.25, -0.2) is 4.39 Å². The summed E-state index contributed by atoms with van der Waals surface area (Å²) in [5.41, 5.74) is 0.596. The molecule has 0 heterocycles. The van der Waals surface area contributed by atoms with Gasteiger partial charge in [0.1, 0.15) is 17.3 Å². The third-order valence-electron chi connectivity index (χ3n) is 3.24. The zero-order valence-corrected chi connectivity index (χ0v) is 13.1. The lowest BCUT2D eigenvalue weighted by Gasteiger charge is -2.13. The quantitative estimate of drug-likeness (QED) is 0.770. The number of nitrogens with one attached hydrogen (secondary N) is 1. The van der Waals surface area contributed by atoms with E-state index in [1.165, 1.54) is 18.9 Å². The molecule has 0 spiro atoms. The summed E-state index contributed by atoms with van der Waals surface area (Å²) in [4.78, 5) is 0. The molecule has 0 aromatic heterocycles. The molecule has 104 valence electrons. The summed E-state index contributed by atoms with van der Waals surface area (Å²) in [6.45, 7) is 0.511. The number of halogens is 2. The molecule has 0 bridgehead atoms. The fourth-order valence-electron chi connectivity index (χ4n) is 2.00. The van der Waals surface area contributed by atoms with Crippen molar-refractivity contribution in [3.05, 3.63) is 57.4 Å². The first kappa shape index (κ1) is 13.8. The van der Waals surface area contributed by atoms with Crippen molar-refractivity contribution in [3.8, 4) is 11.5 Å². The van der Waals surface area contributed by atoms with Crippen molar-refractivity contribution >= 4 is 22.6 Å². The molecule has 0 radical (unpaired) electrons. The Labute approximate surface area is 131 Å². The summed E-state index contributed by atoms with van der Waals surface area (Å²) in [5.74, 6) is 1.09. The fraction of sp³-hybridized carbons (Fsp3) is 0.250. The Morgan fingerprint density at radius 1 is 1.20 bits per heavy atom. The zero-order chi connectivity index (χ0) is 13.9. The van der Waals surface area contributed by atoms with E-state index in [0.29, 0.717) is 23.9 Å². The van der Waals surface area contributed by atoms with E-state index in [9.17, 15) is 4.39 Å². The van der Waals surface area contributed by atoms with Gasteiger partial charge in [-0.1, -0.05) is 12.1 Å². The van der Waals surface area contributed by atoms with Crippen LogP contribution < -0.4 is 10.1 Å². The minimum atomic E-state index is -0.221. The maximum Gasteiger partial charge on any atom is 0.134 e. The Bertz CT molecular complexity index is 613. The van der Waals surface area contributed by atoms with Gasteiger partial charge in [0.15, 0.2) is 0 Å². The molecular formula is C16H15FINO. The first-order valence-electron chi connectivity index (χ1n) is 6.66. The first-order chi connectivity index (χ1) is 9.72. The fourth-order valence-corrected chi connectivity index (χ4v) is 2.51. The lowest BCUT2D eigenvalue weighted by atomic mass is 10.2. The summed E-state index contributed by atoms with van der Waals surface area (Å²) in [6.07, 6.45) is 2.36. The van der Waals surface area contributed by atoms with Gasteiger partial charge in [0, 0.05) is 21.7 Å². The summed E-state index contributed by atoms with van der Waals surface area (Å²) in [5, 5.41) is 3.33. The smallest absolute Gasteiger partial charge is 0.134 e. The van der Waals surface area contributed by atoms with Gasteiger partial charge in [-0.2, -0.15) is 0 Å². The van der Waals surface area contributed by atoms with Crippen molar-refractivity contribution in [1.82, 2.24) is 5.32 Å². The predicted octanol–water partition coefficient (Wildman–Crippen LogP) is 4.47. The van der Waals surface area contributed by atoms with Crippen LogP contribution in [0.15, 0.2) is 42.5 Å². The van der Waals surface area contributed by atoms with Crippen LogP contribution >= 0.6 is 22.6 Å². The van der Waals surface area contributed by atoms with E-state index in [-0.39, 0.29) is 5.82 Å². The number of rotatable bonds is 5. The summed E-state index contributed by atoms with van der Waals surface area (Å²) in [7, 11) is 0. The van der Waals surface area contributed by atoms with Crippen LogP contribution in [0.5, 0.6) is 11.5 Å². The molecule has 2 aromatic rings. The van der Waals surface area contributed by atoms with Gasteiger partial charge in [-0.3, -0.25) is 0 Å². The molecule has 2 aromatic carbocycles. The van der Waals surface area contributed by atoms with E-state index >= 15 is 0 Å². The van der Waals surface area contributed by atoms with Crippen molar-refractivity contribution < 1.29 is 9.13 Å². The highest BCUT2D eigenvalue weighted by Crippen LogP contribution is 2.29. The van der Waals surface area contributed by atoms with E-state index in [1.807, 2.05) is 30.3 Å². The Balaban J connectivity index is 1.82. The molecule has 1 fully saturated rings. The van der Waals surface area contributed by atoms with Crippen molar-refractivity contribution in [2.45, 2.75) is 25.4 Å². The van der Waals surface area contributed by atoms with Gasteiger partial charge in [0.05, 0.1) is 0 Å². The molecule has 4 heteroatoms. The zero-order valence-electron chi connectivity index (χ0n) is 10.9. The number of hydrogen-bond donors (Lipinski definition) is 1. The van der Waals surface area contributed by atoms with Crippen LogP contribution in [0, 0.1) is 9.39 Å². The van der Waals surface area contributed by atoms with E-state index < -0.39 is 0 Å². The average Bonchev–Trinajstić information content (AvgIpc) is 3.22. The Hall–Kier alpha value is -1.14. The van der Waals surface area contributed by atoms with Gasteiger partial charge in [0.2, 0.25) is 0 Å². The molecule has 1 N–H and O–H groups in total. The van der Waals surface area contributed by atoms with Gasteiger partial charge < -0.3 is 10.1 Å². The summed E-state index contributed by atoms with van der Waals surface area (Å²) in [6, 6.07) is 13.2. The van der Waals surface area contributed by atoms with Crippen LogP contribution in [-0.4, -0.2) is 6.04 Å². The van der Waals surface area contributed by atoms with Crippen molar-refractivity contribution in [1.29, 1.82) is 0 Å². The van der Waals surface area contributed by atoms with E-state index in [1.54, 1.807) is 6.07 Å². The molecule has 0 amide bonds. The molecule has 3 rings (SSSR count). The van der Waals surface area contributed by atoms with Gasteiger partial charge in [0.25, 0.3) is 0 Å². The minimum absolute atomic E-state index is 0.221. The highest BCUT2D eigenvalue weighted by Gasteiger charge is 2.21. The summed E-state index contributed by atoms with van der Waals surface area (Å²) >= 11 is 2.23. The molecule has 0 atom stereocenters.